The molecule has 23 heavy (non-hydrogen) atoms. The van der Waals surface area contributed by atoms with Crippen molar-refractivity contribution in [2.45, 2.75) is 20.8 Å². The molecule has 0 unspecified atom stereocenters. The number of benzene rings is 1. The smallest absolute Gasteiger partial charge is 0.275 e. The lowest BCUT2D eigenvalue weighted by molar-refractivity contribution is -0.124. The number of nitrogens with zero attached hydrogens (tertiary/aromatic N) is 3. The van der Waals surface area contributed by atoms with Gasteiger partial charge in [-0.3, -0.25) is 4.79 Å². The van der Waals surface area contributed by atoms with E-state index in [0.29, 0.717) is 11.5 Å². The summed E-state index contributed by atoms with van der Waals surface area (Å²) in [4.78, 5) is 14.3. The number of hydrogen-bond acceptors (Lipinski definition) is 4. The van der Waals surface area contributed by atoms with Gasteiger partial charge in [0.25, 0.3) is 5.91 Å². The van der Waals surface area contributed by atoms with E-state index in [9.17, 15) is 4.79 Å². The molecule has 1 aromatic rings. The number of carbonyl (C=O) groups is 1. The minimum Gasteiger partial charge on any atom is -0.439 e. The van der Waals surface area contributed by atoms with E-state index in [-0.39, 0.29) is 11.3 Å². The average Bonchev–Trinajstić information content (AvgIpc) is 2.96. The Kier molecular flexibility index (Phi) is 3.51. The van der Waals surface area contributed by atoms with Crippen LogP contribution in [0, 0.1) is 5.41 Å². The summed E-state index contributed by atoms with van der Waals surface area (Å²) in [5, 5.41) is 5.76. The van der Waals surface area contributed by atoms with E-state index in [1.54, 1.807) is 13.1 Å². The maximum atomic E-state index is 12.3. The second kappa shape index (κ2) is 5.26. The fourth-order valence-electron chi connectivity index (χ4n) is 2.65. The second-order valence-electron chi connectivity index (χ2n) is 6.74. The highest BCUT2D eigenvalue weighted by Gasteiger charge is 2.34. The fourth-order valence-corrected chi connectivity index (χ4v) is 2.65. The maximum absolute atomic E-state index is 12.3. The Labute approximate surface area is 136 Å². The molecular formula is C18H21N3O2. The first-order chi connectivity index (χ1) is 10.8. The molecule has 0 bridgehead atoms. The molecule has 1 amide bonds. The third kappa shape index (κ3) is 2.63. The van der Waals surface area contributed by atoms with Crippen molar-refractivity contribution in [3.63, 3.8) is 0 Å². The normalized spacial score (nSPS) is 21.1. The maximum Gasteiger partial charge on any atom is 0.275 e. The summed E-state index contributed by atoms with van der Waals surface area (Å²) < 4.78 is 5.84. The molecule has 120 valence electrons. The molecule has 0 saturated carbocycles. The Morgan fingerprint density at radius 2 is 1.83 bits per heavy atom. The van der Waals surface area contributed by atoms with Gasteiger partial charge in [-0.15, -0.1) is 0 Å². The van der Waals surface area contributed by atoms with E-state index in [1.807, 2.05) is 63.1 Å². The summed E-state index contributed by atoms with van der Waals surface area (Å²) >= 11 is 0. The van der Waals surface area contributed by atoms with E-state index in [0.717, 1.165) is 17.1 Å². The molecule has 0 fully saturated rings. The fraction of sp³-hybridized carbons (Fsp3) is 0.333. The third-order valence-electron chi connectivity index (χ3n) is 3.90. The number of likely N-dealkylation sites (N-methyl/N-ethyl adjacent to an activating group) is 1. The molecule has 0 N–H and O–H groups in total. The van der Waals surface area contributed by atoms with Crippen LogP contribution < -0.4 is 9.64 Å². The first-order valence-electron chi connectivity index (χ1n) is 7.59. The number of para-hydroxylation sites is 2. The van der Waals surface area contributed by atoms with Crippen molar-refractivity contribution in [3.8, 4) is 5.75 Å². The second-order valence-corrected chi connectivity index (χ2v) is 6.74. The van der Waals surface area contributed by atoms with Gasteiger partial charge < -0.3 is 9.64 Å². The van der Waals surface area contributed by atoms with Gasteiger partial charge in [-0.25, -0.2) is 5.01 Å². The summed E-state index contributed by atoms with van der Waals surface area (Å²) in [6.45, 7) is 6.15. The quantitative estimate of drug-likeness (QED) is 0.748. The van der Waals surface area contributed by atoms with E-state index >= 15 is 0 Å². The molecule has 2 aliphatic rings. The summed E-state index contributed by atoms with van der Waals surface area (Å²) in [6.07, 6.45) is 3.63. The van der Waals surface area contributed by atoms with Gasteiger partial charge in [-0.2, -0.15) is 5.10 Å². The van der Waals surface area contributed by atoms with Crippen LogP contribution in [0.3, 0.4) is 0 Å². The van der Waals surface area contributed by atoms with Crippen molar-refractivity contribution in [2.24, 2.45) is 10.5 Å². The van der Waals surface area contributed by atoms with Crippen molar-refractivity contribution in [2.75, 3.05) is 19.0 Å². The highest BCUT2D eigenvalue weighted by molar-refractivity contribution is 6.26. The van der Waals surface area contributed by atoms with Crippen LogP contribution >= 0.6 is 0 Å². The van der Waals surface area contributed by atoms with Crippen molar-refractivity contribution in [3.05, 3.63) is 47.9 Å². The SMILES string of the molecule is CN1N=C(C(C)(C)C)/C(=C/C=C2\Oc3ccccc3N2C)C1=O. The van der Waals surface area contributed by atoms with Crippen LogP contribution in [0.25, 0.3) is 0 Å². The number of amides is 1. The van der Waals surface area contributed by atoms with Crippen LogP contribution in [-0.2, 0) is 4.79 Å². The van der Waals surface area contributed by atoms with E-state index in [1.165, 1.54) is 5.01 Å². The summed E-state index contributed by atoms with van der Waals surface area (Å²) in [6, 6.07) is 7.84. The Balaban J connectivity index is 1.94. The molecule has 2 heterocycles. The number of rotatable bonds is 1. The zero-order valence-corrected chi connectivity index (χ0v) is 14.1. The molecule has 0 spiro atoms. The number of fused-ring (bicyclic) bond motifs is 1. The summed E-state index contributed by atoms with van der Waals surface area (Å²) in [7, 11) is 3.62. The monoisotopic (exact) mass is 311 g/mol. The summed E-state index contributed by atoms with van der Waals surface area (Å²) in [5.41, 5.74) is 2.22. The van der Waals surface area contributed by atoms with Crippen molar-refractivity contribution in [1.82, 2.24) is 5.01 Å². The Bertz CT molecular complexity index is 754. The Morgan fingerprint density at radius 3 is 2.48 bits per heavy atom. The van der Waals surface area contributed by atoms with Gasteiger partial charge in [0.05, 0.1) is 17.0 Å². The first kappa shape index (κ1) is 15.3. The summed E-state index contributed by atoms with van der Waals surface area (Å²) in [5.74, 6) is 1.42. The van der Waals surface area contributed by atoms with Gasteiger partial charge in [-0.1, -0.05) is 32.9 Å². The number of hydrogen-bond donors (Lipinski definition) is 0. The van der Waals surface area contributed by atoms with Gasteiger partial charge in [0, 0.05) is 19.5 Å². The number of carbonyl (C=O) groups excluding carboxylic acids is 1. The molecule has 0 aliphatic carbocycles. The van der Waals surface area contributed by atoms with Gasteiger partial charge in [-0.05, 0) is 24.3 Å². The van der Waals surface area contributed by atoms with E-state index in [2.05, 4.69) is 5.10 Å². The van der Waals surface area contributed by atoms with Crippen LogP contribution in [-0.4, -0.2) is 30.7 Å². The molecule has 2 aliphatic heterocycles. The van der Waals surface area contributed by atoms with Gasteiger partial charge in [0.1, 0.15) is 0 Å². The molecular weight excluding hydrogens is 290 g/mol. The highest BCUT2D eigenvalue weighted by Crippen LogP contribution is 2.37. The molecule has 3 rings (SSSR count). The number of allylic oxidation sites excluding steroid dienone is 2. The zero-order chi connectivity index (χ0) is 16.8. The topological polar surface area (TPSA) is 45.1 Å². The van der Waals surface area contributed by atoms with Crippen LogP contribution in [0.1, 0.15) is 20.8 Å². The molecule has 5 heteroatoms. The molecule has 0 aromatic heterocycles. The van der Waals surface area contributed by atoms with Crippen LogP contribution in [0.2, 0.25) is 0 Å². The molecule has 0 atom stereocenters. The highest BCUT2D eigenvalue weighted by atomic mass is 16.5. The lowest BCUT2D eigenvalue weighted by Crippen LogP contribution is -2.23. The number of anilines is 1. The van der Waals surface area contributed by atoms with Crippen molar-refractivity contribution >= 4 is 17.3 Å². The van der Waals surface area contributed by atoms with E-state index < -0.39 is 0 Å². The third-order valence-corrected chi connectivity index (χ3v) is 3.90. The van der Waals surface area contributed by atoms with Crippen molar-refractivity contribution in [1.29, 1.82) is 0 Å². The molecule has 1 aromatic carbocycles. The number of hydrazone groups is 1. The standard InChI is InChI=1S/C18H21N3O2/c1-18(2,3)16-12(17(22)21(5)19-16)10-11-15-20(4)13-8-6-7-9-14(13)23-15/h6-11H,1-5H3/b12-10-,15-11-. The van der Waals surface area contributed by atoms with Crippen LogP contribution in [0.15, 0.2) is 53.0 Å². The Hall–Kier alpha value is -2.56. The number of ether oxygens (including phenoxy) is 1. The van der Waals surface area contributed by atoms with Crippen LogP contribution in [0.5, 0.6) is 5.75 Å². The van der Waals surface area contributed by atoms with Crippen LogP contribution in [0.4, 0.5) is 5.69 Å². The van der Waals surface area contributed by atoms with Gasteiger partial charge in [0.2, 0.25) is 0 Å². The van der Waals surface area contributed by atoms with Gasteiger partial charge >= 0.3 is 0 Å². The van der Waals surface area contributed by atoms with Gasteiger partial charge in [0.15, 0.2) is 11.6 Å². The average molecular weight is 311 g/mol. The zero-order valence-electron chi connectivity index (χ0n) is 14.1. The predicted molar refractivity (Wildman–Crippen MR) is 91.3 cm³/mol. The minimum absolute atomic E-state index is 0.0926. The molecule has 0 saturated heterocycles. The molecule has 5 nitrogen and oxygen atoms in total. The largest absolute Gasteiger partial charge is 0.439 e. The van der Waals surface area contributed by atoms with E-state index in [4.69, 9.17) is 4.74 Å². The first-order valence-corrected chi connectivity index (χ1v) is 7.59. The Morgan fingerprint density at radius 1 is 1.13 bits per heavy atom. The van der Waals surface area contributed by atoms with Crippen molar-refractivity contribution < 1.29 is 9.53 Å². The minimum atomic E-state index is -0.198. The molecule has 0 radical (unpaired) electrons. The lowest BCUT2D eigenvalue weighted by atomic mass is 9.85. The predicted octanol–water partition coefficient (Wildman–Crippen LogP) is 3.16. The lowest BCUT2D eigenvalue weighted by Gasteiger charge is -2.17.